The lowest BCUT2D eigenvalue weighted by molar-refractivity contribution is -0.130. The van der Waals surface area contributed by atoms with E-state index in [0.29, 0.717) is 30.5 Å². The predicted molar refractivity (Wildman–Crippen MR) is 102 cm³/mol. The summed E-state index contributed by atoms with van der Waals surface area (Å²) in [5.74, 6) is 0.937. The van der Waals surface area contributed by atoms with Crippen LogP contribution in [0.2, 0.25) is 0 Å². The molecule has 1 fully saturated rings. The molecule has 0 atom stereocenters. The minimum atomic E-state index is -4.49. The summed E-state index contributed by atoms with van der Waals surface area (Å²) in [6.45, 7) is 6.50. The van der Waals surface area contributed by atoms with Crippen molar-refractivity contribution in [2.24, 2.45) is 0 Å². The summed E-state index contributed by atoms with van der Waals surface area (Å²) in [5.41, 5.74) is 1.84. The van der Waals surface area contributed by atoms with E-state index >= 15 is 0 Å². The summed E-state index contributed by atoms with van der Waals surface area (Å²) in [6, 6.07) is 1.80. The maximum Gasteiger partial charge on any atom is 0.390 e. The van der Waals surface area contributed by atoms with E-state index in [1.807, 2.05) is 23.3 Å². The Kier molecular flexibility index (Phi) is 5.86. The van der Waals surface area contributed by atoms with Crippen molar-refractivity contribution in [3.63, 3.8) is 0 Å². The molecule has 1 saturated heterocycles. The second kappa shape index (κ2) is 7.90. The Morgan fingerprint density at radius 2 is 1.66 bits per heavy atom. The van der Waals surface area contributed by atoms with E-state index in [-0.39, 0.29) is 13.1 Å². The van der Waals surface area contributed by atoms with Gasteiger partial charge in [0, 0.05) is 37.9 Å². The van der Waals surface area contributed by atoms with Crippen molar-refractivity contribution in [2.45, 2.75) is 33.4 Å². The quantitative estimate of drug-likeness (QED) is 0.719. The standard InChI is InChI=1S/C17H23F3N6O2S/c1-12-13(2)26(11-21-12)16-10-15(22-14(3)23-16)24-5-7-25(8-6-24)29(27,28)9-4-17(18,19)20/h10-11H,4-9H2,1-3H3. The Morgan fingerprint density at radius 3 is 2.21 bits per heavy atom. The van der Waals surface area contributed by atoms with Crippen molar-refractivity contribution in [3.8, 4) is 5.82 Å². The average Bonchev–Trinajstić information content (AvgIpc) is 2.98. The van der Waals surface area contributed by atoms with Gasteiger partial charge in [-0.3, -0.25) is 4.57 Å². The molecule has 0 aliphatic carbocycles. The number of nitrogens with zero attached hydrogens (tertiary/aromatic N) is 6. The first-order chi connectivity index (χ1) is 13.5. The van der Waals surface area contributed by atoms with Crippen LogP contribution in [0.15, 0.2) is 12.4 Å². The molecule has 0 amide bonds. The third kappa shape index (κ3) is 5.04. The fourth-order valence-electron chi connectivity index (χ4n) is 3.12. The number of halogens is 3. The molecule has 2 aromatic heterocycles. The lowest BCUT2D eigenvalue weighted by Crippen LogP contribution is -2.49. The maximum absolute atomic E-state index is 12.4. The fraction of sp³-hybridized carbons (Fsp3) is 0.588. The van der Waals surface area contributed by atoms with Crippen molar-refractivity contribution in [2.75, 3.05) is 36.8 Å². The molecule has 0 aromatic carbocycles. The zero-order chi connectivity index (χ0) is 21.4. The van der Waals surface area contributed by atoms with E-state index in [9.17, 15) is 21.6 Å². The Bertz CT molecular complexity index is 982. The number of sulfonamides is 1. The van der Waals surface area contributed by atoms with Crippen LogP contribution in [-0.4, -0.2) is 70.4 Å². The van der Waals surface area contributed by atoms with Gasteiger partial charge in [-0.05, 0) is 20.8 Å². The Morgan fingerprint density at radius 1 is 1.03 bits per heavy atom. The van der Waals surface area contributed by atoms with E-state index in [4.69, 9.17) is 0 Å². The van der Waals surface area contributed by atoms with Crippen molar-refractivity contribution in [1.29, 1.82) is 0 Å². The van der Waals surface area contributed by atoms with Gasteiger partial charge in [0.2, 0.25) is 10.0 Å². The second-order valence-electron chi connectivity index (χ2n) is 6.98. The highest BCUT2D eigenvalue weighted by molar-refractivity contribution is 7.89. The van der Waals surface area contributed by atoms with Crippen LogP contribution in [0.5, 0.6) is 0 Å². The van der Waals surface area contributed by atoms with E-state index in [1.165, 1.54) is 0 Å². The lowest BCUT2D eigenvalue weighted by Gasteiger charge is -2.35. The summed E-state index contributed by atoms with van der Waals surface area (Å²) < 4.78 is 64.4. The number of anilines is 1. The molecule has 160 valence electrons. The molecule has 29 heavy (non-hydrogen) atoms. The molecule has 12 heteroatoms. The minimum Gasteiger partial charge on any atom is -0.354 e. The molecule has 1 aliphatic rings. The van der Waals surface area contributed by atoms with Crippen LogP contribution in [0.3, 0.4) is 0 Å². The van der Waals surface area contributed by atoms with Crippen molar-refractivity contribution >= 4 is 15.8 Å². The largest absolute Gasteiger partial charge is 0.390 e. The molecule has 0 N–H and O–H groups in total. The summed E-state index contributed by atoms with van der Waals surface area (Å²) in [5, 5.41) is 0. The van der Waals surface area contributed by atoms with E-state index in [0.717, 1.165) is 15.7 Å². The van der Waals surface area contributed by atoms with Gasteiger partial charge in [-0.25, -0.2) is 23.4 Å². The highest BCUT2D eigenvalue weighted by atomic mass is 32.2. The fourth-order valence-corrected chi connectivity index (χ4v) is 4.59. The van der Waals surface area contributed by atoms with Gasteiger partial charge in [0.1, 0.15) is 23.8 Å². The molecule has 3 rings (SSSR count). The topological polar surface area (TPSA) is 84.2 Å². The SMILES string of the molecule is Cc1nc(N2CCN(S(=O)(=O)CCC(F)(F)F)CC2)cc(-n2cnc(C)c2C)n1. The van der Waals surface area contributed by atoms with E-state index < -0.39 is 28.4 Å². The van der Waals surface area contributed by atoms with E-state index in [1.54, 1.807) is 19.3 Å². The molecule has 8 nitrogen and oxygen atoms in total. The zero-order valence-electron chi connectivity index (χ0n) is 16.4. The predicted octanol–water partition coefficient (Wildman–Crippen LogP) is 1.99. The van der Waals surface area contributed by atoms with Gasteiger partial charge in [0.05, 0.1) is 17.9 Å². The lowest BCUT2D eigenvalue weighted by atomic mass is 10.3. The van der Waals surface area contributed by atoms with Gasteiger partial charge in [0.25, 0.3) is 0 Å². The number of piperazine rings is 1. The van der Waals surface area contributed by atoms with Crippen LogP contribution >= 0.6 is 0 Å². The number of alkyl halides is 3. The van der Waals surface area contributed by atoms with Crippen LogP contribution < -0.4 is 4.90 Å². The molecule has 0 unspecified atom stereocenters. The van der Waals surface area contributed by atoms with E-state index in [2.05, 4.69) is 15.0 Å². The van der Waals surface area contributed by atoms with Gasteiger partial charge in [0.15, 0.2) is 0 Å². The highest BCUT2D eigenvalue weighted by Gasteiger charge is 2.34. The summed E-state index contributed by atoms with van der Waals surface area (Å²) in [6.07, 6.45) is -4.15. The molecule has 0 bridgehead atoms. The summed E-state index contributed by atoms with van der Waals surface area (Å²) in [7, 11) is -3.94. The summed E-state index contributed by atoms with van der Waals surface area (Å²) >= 11 is 0. The number of hydrogen-bond acceptors (Lipinski definition) is 6. The van der Waals surface area contributed by atoms with Crippen molar-refractivity contribution in [3.05, 3.63) is 29.6 Å². The van der Waals surface area contributed by atoms with Crippen LogP contribution in [0.1, 0.15) is 23.6 Å². The van der Waals surface area contributed by atoms with Crippen molar-refractivity contribution < 1.29 is 21.6 Å². The Balaban J connectivity index is 1.72. The van der Waals surface area contributed by atoms with Gasteiger partial charge >= 0.3 is 6.18 Å². The highest BCUT2D eigenvalue weighted by Crippen LogP contribution is 2.23. The van der Waals surface area contributed by atoms with Gasteiger partial charge in [-0.15, -0.1) is 0 Å². The molecular formula is C17H23F3N6O2S. The first-order valence-electron chi connectivity index (χ1n) is 9.12. The van der Waals surface area contributed by atoms with Gasteiger partial charge < -0.3 is 4.90 Å². The molecular weight excluding hydrogens is 409 g/mol. The van der Waals surface area contributed by atoms with Crippen LogP contribution in [0.4, 0.5) is 19.0 Å². The first kappa shape index (κ1) is 21.5. The number of aryl methyl sites for hydroxylation is 2. The maximum atomic E-state index is 12.4. The molecule has 2 aromatic rings. The molecule has 0 radical (unpaired) electrons. The number of aromatic nitrogens is 4. The molecule has 0 spiro atoms. The van der Waals surface area contributed by atoms with Crippen molar-refractivity contribution in [1.82, 2.24) is 23.8 Å². The average molecular weight is 432 g/mol. The van der Waals surface area contributed by atoms with Gasteiger partial charge in [-0.1, -0.05) is 0 Å². The molecule has 1 aliphatic heterocycles. The van der Waals surface area contributed by atoms with Crippen LogP contribution in [0.25, 0.3) is 5.82 Å². The van der Waals surface area contributed by atoms with Crippen LogP contribution in [0, 0.1) is 20.8 Å². The number of hydrogen-bond donors (Lipinski definition) is 0. The molecule has 3 heterocycles. The minimum absolute atomic E-state index is 0.113. The smallest absolute Gasteiger partial charge is 0.354 e. The zero-order valence-corrected chi connectivity index (χ0v) is 17.3. The number of rotatable bonds is 5. The first-order valence-corrected chi connectivity index (χ1v) is 10.7. The molecule has 0 saturated carbocycles. The normalized spacial score (nSPS) is 16.4. The third-order valence-corrected chi connectivity index (χ3v) is 6.78. The van der Waals surface area contributed by atoms with Gasteiger partial charge in [-0.2, -0.15) is 17.5 Å². The Hall–Kier alpha value is -2.21. The second-order valence-corrected chi connectivity index (χ2v) is 9.07. The Labute approximate surface area is 167 Å². The van der Waals surface area contributed by atoms with Crippen LogP contribution in [-0.2, 0) is 10.0 Å². The third-order valence-electron chi connectivity index (χ3n) is 4.91. The number of imidazole rings is 1. The monoisotopic (exact) mass is 432 g/mol. The summed E-state index contributed by atoms with van der Waals surface area (Å²) in [4.78, 5) is 15.1.